The Morgan fingerprint density at radius 2 is 2.09 bits per heavy atom. The molecule has 1 aliphatic heterocycles. The van der Waals surface area contributed by atoms with Crippen molar-refractivity contribution >= 4 is 22.7 Å². The van der Waals surface area contributed by atoms with E-state index in [-0.39, 0.29) is 24.0 Å². The van der Waals surface area contributed by atoms with Crippen LogP contribution in [0.15, 0.2) is 36.5 Å². The van der Waals surface area contributed by atoms with E-state index < -0.39 is 0 Å². The lowest BCUT2D eigenvalue weighted by molar-refractivity contribution is 0.0393. The van der Waals surface area contributed by atoms with Gasteiger partial charge in [0, 0.05) is 37.7 Å². The smallest absolute Gasteiger partial charge is 0.270 e. The first-order chi connectivity index (χ1) is 16.0. The Bertz CT molecular complexity index is 1150. The van der Waals surface area contributed by atoms with Gasteiger partial charge in [0.25, 0.3) is 11.8 Å². The zero-order chi connectivity index (χ0) is 23.0. The quantitative estimate of drug-likeness (QED) is 0.510. The molecule has 3 aromatic rings. The van der Waals surface area contributed by atoms with Gasteiger partial charge < -0.3 is 24.6 Å². The standard InChI is InChI=1S/C24H29N5O4/c1-27(24(7-8-24)16-33-12-4-11-30)22(31)18-14-25-29-10-9-28(15-21(18)29)23(32)20-13-17-5-2-3-6-19(17)26-20/h2-3,5-6,13-14,26,30H,4,7-12,15-16H2,1H3. The van der Waals surface area contributed by atoms with Gasteiger partial charge in [0.2, 0.25) is 0 Å². The summed E-state index contributed by atoms with van der Waals surface area (Å²) in [4.78, 5) is 33.3. The lowest BCUT2D eigenvalue weighted by Gasteiger charge is -2.30. The molecule has 0 saturated heterocycles. The minimum Gasteiger partial charge on any atom is -0.396 e. The Balaban J connectivity index is 1.31. The fourth-order valence-corrected chi connectivity index (χ4v) is 4.50. The third-order valence-corrected chi connectivity index (χ3v) is 6.81. The van der Waals surface area contributed by atoms with E-state index in [1.54, 1.807) is 16.0 Å². The highest BCUT2D eigenvalue weighted by Crippen LogP contribution is 2.42. The van der Waals surface area contributed by atoms with Crippen LogP contribution in [0.4, 0.5) is 0 Å². The molecule has 0 unspecified atom stereocenters. The molecular formula is C24H29N5O4. The van der Waals surface area contributed by atoms with Crippen molar-refractivity contribution in [2.24, 2.45) is 0 Å². The van der Waals surface area contributed by atoms with Gasteiger partial charge in [0.1, 0.15) is 5.69 Å². The molecule has 9 nitrogen and oxygen atoms in total. The first kappa shape index (κ1) is 21.7. The number of hydrogen-bond donors (Lipinski definition) is 2. The fraction of sp³-hybridized carbons (Fsp3) is 0.458. The van der Waals surface area contributed by atoms with Gasteiger partial charge >= 0.3 is 0 Å². The van der Waals surface area contributed by atoms with Gasteiger partial charge in [-0.2, -0.15) is 5.10 Å². The number of aliphatic hydroxyl groups is 1. The number of amides is 2. The number of H-pyrrole nitrogens is 1. The van der Waals surface area contributed by atoms with Crippen molar-refractivity contribution in [3.05, 3.63) is 53.5 Å². The molecule has 33 heavy (non-hydrogen) atoms. The van der Waals surface area contributed by atoms with Crippen molar-refractivity contribution < 1.29 is 19.4 Å². The van der Waals surface area contributed by atoms with Crippen molar-refractivity contribution in [1.29, 1.82) is 0 Å². The van der Waals surface area contributed by atoms with Gasteiger partial charge in [-0.05, 0) is 31.4 Å². The third-order valence-electron chi connectivity index (χ3n) is 6.81. The molecule has 2 aliphatic rings. The zero-order valence-corrected chi connectivity index (χ0v) is 18.8. The molecule has 5 rings (SSSR count). The molecule has 0 spiro atoms. The number of nitrogens with zero attached hydrogens (tertiary/aromatic N) is 4. The molecule has 2 N–H and O–H groups in total. The number of fused-ring (bicyclic) bond motifs is 2. The molecule has 9 heteroatoms. The molecule has 1 aliphatic carbocycles. The number of aliphatic hydroxyl groups excluding tert-OH is 1. The minimum absolute atomic E-state index is 0.0821. The van der Waals surface area contributed by atoms with Gasteiger partial charge in [-0.3, -0.25) is 14.3 Å². The van der Waals surface area contributed by atoms with Crippen LogP contribution in [0.5, 0.6) is 0 Å². The average Bonchev–Trinajstić information content (AvgIpc) is 3.31. The van der Waals surface area contributed by atoms with E-state index in [0.717, 1.165) is 29.4 Å². The second kappa shape index (κ2) is 8.64. The van der Waals surface area contributed by atoms with Crippen molar-refractivity contribution in [2.75, 3.05) is 33.4 Å². The molecule has 2 aromatic heterocycles. The summed E-state index contributed by atoms with van der Waals surface area (Å²) in [7, 11) is 1.81. The largest absolute Gasteiger partial charge is 0.396 e. The highest BCUT2D eigenvalue weighted by Gasteiger charge is 2.49. The highest BCUT2D eigenvalue weighted by molar-refractivity contribution is 5.99. The number of hydrogen-bond acceptors (Lipinski definition) is 5. The number of para-hydroxylation sites is 1. The lowest BCUT2D eigenvalue weighted by Crippen LogP contribution is -2.43. The predicted octanol–water partition coefficient (Wildman–Crippen LogP) is 2.02. The predicted molar refractivity (Wildman–Crippen MR) is 122 cm³/mol. The summed E-state index contributed by atoms with van der Waals surface area (Å²) in [5.41, 5.74) is 2.48. The molecule has 0 radical (unpaired) electrons. The van der Waals surface area contributed by atoms with Crippen molar-refractivity contribution in [3.63, 3.8) is 0 Å². The van der Waals surface area contributed by atoms with E-state index in [9.17, 15) is 9.59 Å². The van der Waals surface area contributed by atoms with Crippen molar-refractivity contribution in [3.8, 4) is 0 Å². The first-order valence-corrected chi connectivity index (χ1v) is 11.4. The second-order valence-corrected chi connectivity index (χ2v) is 8.94. The number of carbonyl (C=O) groups is 2. The molecular weight excluding hydrogens is 422 g/mol. The SMILES string of the molecule is CN(C(=O)c1cnn2c1CN(C(=O)c1cc3ccccc3[nH]1)CC2)C1(COCCCO)CC1. The highest BCUT2D eigenvalue weighted by atomic mass is 16.5. The molecule has 0 bridgehead atoms. The average molecular weight is 452 g/mol. The minimum atomic E-state index is -0.296. The summed E-state index contributed by atoms with van der Waals surface area (Å²) >= 11 is 0. The van der Waals surface area contributed by atoms with Crippen LogP contribution < -0.4 is 0 Å². The van der Waals surface area contributed by atoms with E-state index in [0.29, 0.717) is 50.5 Å². The molecule has 1 saturated carbocycles. The summed E-state index contributed by atoms with van der Waals surface area (Å²) in [5, 5.41) is 14.3. The molecule has 1 aromatic carbocycles. The summed E-state index contributed by atoms with van der Waals surface area (Å²) in [5.74, 6) is -0.180. The van der Waals surface area contributed by atoms with Crippen molar-refractivity contribution in [2.45, 2.75) is 37.9 Å². The van der Waals surface area contributed by atoms with Crippen LogP contribution in [0.25, 0.3) is 10.9 Å². The maximum atomic E-state index is 13.4. The Morgan fingerprint density at radius 3 is 2.85 bits per heavy atom. The first-order valence-electron chi connectivity index (χ1n) is 11.4. The van der Waals surface area contributed by atoms with E-state index in [2.05, 4.69) is 10.1 Å². The summed E-state index contributed by atoms with van der Waals surface area (Å²) in [6, 6.07) is 9.68. The maximum absolute atomic E-state index is 13.4. The molecule has 3 heterocycles. The monoisotopic (exact) mass is 451 g/mol. The number of aromatic amines is 1. The number of carbonyl (C=O) groups excluding carboxylic acids is 2. The number of rotatable bonds is 8. The van der Waals surface area contributed by atoms with E-state index >= 15 is 0 Å². The van der Waals surface area contributed by atoms with Crippen LogP contribution >= 0.6 is 0 Å². The van der Waals surface area contributed by atoms with Crippen LogP contribution in [0.1, 0.15) is 45.8 Å². The zero-order valence-electron chi connectivity index (χ0n) is 18.8. The van der Waals surface area contributed by atoms with Gasteiger partial charge in [-0.25, -0.2) is 0 Å². The summed E-state index contributed by atoms with van der Waals surface area (Å²) in [6.45, 7) is 2.46. The van der Waals surface area contributed by atoms with Crippen LogP contribution in [0.2, 0.25) is 0 Å². The van der Waals surface area contributed by atoms with E-state index in [4.69, 9.17) is 9.84 Å². The second-order valence-electron chi connectivity index (χ2n) is 8.94. The number of ether oxygens (including phenoxy) is 1. The van der Waals surface area contributed by atoms with E-state index in [1.807, 2.05) is 42.1 Å². The number of aromatic nitrogens is 3. The number of likely N-dealkylation sites (N-methyl/N-ethyl adjacent to an activating group) is 1. The Hall–Kier alpha value is -3.17. The van der Waals surface area contributed by atoms with Crippen LogP contribution in [-0.2, 0) is 17.8 Å². The lowest BCUT2D eigenvalue weighted by atomic mass is 10.1. The molecule has 2 amide bonds. The normalized spacial score (nSPS) is 16.6. The number of benzene rings is 1. The fourth-order valence-electron chi connectivity index (χ4n) is 4.50. The summed E-state index contributed by atoms with van der Waals surface area (Å²) in [6.07, 6.45) is 3.99. The number of nitrogens with one attached hydrogen (secondary N) is 1. The van der Waals surface area contributed by atoms with Gasteiger partial charge in [0.15, 0.2) is 0 Å². The summed E-state index contributed by atoms with van der Waals surface area (Å²) < 4.78 is 7.52. The maximum Gasteiger partial charge on any atom is 0.270 e. The van der Waals surface area contributed by atoms with Gasteiger partial charge in [-0.1, -0.05) is 18.2 Å². The molecule has 0 atom stereocenters. The van der Waals surface area contributed by atoms with Crippen LogP contribution in [0, 0.1) is 0 Å². The van der Waals surface area contributed by atoms with Gasteiger partial charge in [0.05, 0.1) is 42.7 Å². The third kappa shape index (κ3) is 4.02. The molecule has 174 valence electrons. The Morgan fingerprint density at radius 1 is 1.27 bits per heavy atom. The van der Waals surface area contributed by atoms with Crippen LogP contribution in [-0.4, -0.2) is 80.4 Å². The van der Waals surface area contributed by atoms with E-state index in [1.165, 1.54) is 0 Å². The Labute approximate surface area is 191 Å². The van der Waals surface area contributed by atoms with Crippen molar-refractivity contribution in [1.82, 2.24) is 24.6 Å². The molecule has 1 fully saturated rings. The Kier molecular flexibility index (Phi) is 5.67. The van der Waals surface area contributed by atoms with Gasteiger partial charge in [-0.15, -0.1) is 0 Å². The topological polar surface area (TPSA) is 104 Å². The van der Waals surface area contributed by atoms with Crippen LogP contribution in [0.3, 0.4) is 0 Å².